The van der Waals surface area contributed by atoms with E-state index in [0.29, 0.717) is 19.4 Å². The minimum Gasteiger partial charge on any atom is -0.466 e. The van der Waals surface area contributed by atoms with Gasteiger partial charge < -0.3 is 20.3 Å². The van der Waals surface area contributed by atoms with Gasteiger partial charge in [0.05, 0.1) is 25.4 Å². The third kappa shape index (κ3) is 57.4. The zero-order chi connectivity index (χ0) is 52.2. The molecule has 0 spiro atoms. The Labute approximate surface area is 449 Å². The quantitative estimate of drug-likeness (QED) is 0.0320. The van der Waals surface area contributed by atoms with E-state index in [1.165, 1.54) is 270 Å². The van der Waals surface area contributed by atoms with Crippen molar-refractivity contribution in [2.45, 2.75) is 360 Å². The predicted molar refractivity (Wildman–Crippen MR) is 315 cm³/mol. The summed E-state index contributed by atoms with van der Waals surface area (Å²) in [6.45, 7) is 4.89. The van der Waals surface area contributed by atoms with Gasteiger partial charge in [-0.2, -0.15) is 0 Å². The van der Waals surface area contributed by atoms with Gasteiger partial charge in [-0.3, -0.25) is 9.59 Å². The number of nitrogens with one attached hydrogen (secondary N) is 1. The maximum absolute atomic E-state index is 12.5. The van der Waals surface area contributed by atoms with E-state index in [0.717, 1.165) is 51.4 Å². The van der Waals surface area contributed by atoms with Crippen molar-refractivity contribution in [3.63, 3.8) is 0 Å². The third-order valence-corrected chi connectivity index (χ3v) is 14.9. The Hall–Kier alpha value is -1.92. The highest BCUT2D eigenvalue weighted by Crippen LogP contribution is 2.17. The molecule has 0 aliphatic carbocycles. The predicted octanol–water partition coefficient (Wildman–Crippen LogP) is 20.4. The molecule has 6 heteroatoms. The minimum absolute atomic E-state index is 0.000574. The summed E-state index contributed by atoms with van der Waals surface area (Å²) in [5, 5.41) is 23.2. The molecular weight excluding hydrogens is 887 g/mol. The normalized spacial score (nSPS) is 12.8. The van der Waals surface area contributed by atoms with Crippen molar-refractivity contribution in [1.82, 2.24) is 5.32 Å². The SMILES string of the molecule is CCCCC/C=C\CCCCCCCC(=O)OCCCCCCCCCCCCC/C=C\CCCCCCCCCC(=O)NC(CO)C(O)/C=C/CCCCCCCCCCCCCCCCCCCCC. The third-order valence-electron chi connectivity index (χ3n) is 14.9. The Morgan fingerprint density at radius 1 is 0.375 bits per heavy atom. The molecule has 0 aliphatic heterocycles. The molecule has 1 amide bonds. The molecule has 2 unspecified atom stereocenters. The first-order valence-electron chi connectivity index (χ1n) is 32.3. The van der Waals surface area contributed by atoms with Crippen LogP contribution >= 0.6 is 0 Å². The molecule has 0 saturated carbocycles. The number of ether oxygens (including phenoxy) is 1. The van der Waals surface area contributed by atoms with Crippen LogP contribution in [0, 0.1) is 0 Å². The second-order valence-corrected chi connectivity index (χ2v) is 22.1. The smallest absolute Gasteiger partial charge is 0.305 e. The molecule has 424 valence electrons. The molecule has 0 radical (unpaired) electrons. The Kier molecular flexibility index (Phi) is 60.0. The zero-order valence-electron chi connectivity index (χ0n) is 48.4. The Morgan fingerprint density at radius 3 is 1.01 bits per heavy atom. The van der Waals surface area contributed by atoms with Crippen LogP contribution in [0.15, 0.2) is 36.5 Å². The molecule has 0 bridgehead atoms. The van der Waals surface area contributed by atoms with E-state index in [2.05, 4.69) is 43.5 Å². The lowest BCUT2D eigenvalue weighted by Crippen LogP contribution is -2.45. The van der Waals surface area contributed by atoms with Gasteiger partial charge in [0.1, 0.15) is 0 Å². The second kappa shape index (κ2) is 61.6. The molecule has 0 aromatic carbocycles. The molecule has 6 nitrogen and oxygen atoms in total. The number of unbranched alkanes of at least 4 members (excludes halogenated alkanes) is 45. The highest BCUT2D eigenvalue weighted by Gasteiger charge is 2.18. The second-order valence-electron chi connectivity index (χ2n) is 22.1. The molecule has 0 fully saturated rings. The van der Waals surface area contributed by atoms with Crippen LogP contribution < -0.4 is 5.32 Å². The maximum Gasteiger partial charge on any atom is 0.305 e. The number of amides is 1. The van der Waals surface area contributed by atoms with Gasteiger partial charge in [-0.25, -0.2) is 0 Å². The van der Waals surface area contributed by atoms with Gasteiger partial charge >= 0.3 is 5.97 Å². The van der Waals surface area contributed by atoms with Gasteiger partial charge in [0.15, 0.2) is 0 Å². The Bertz CT molecular complexity index is 1170. The van der Waals surface area contributed by atoms with Crippen molar-refractivity contribution in [1.29, 1.82) is 0 Å². The fourth-order valence-electron chi connectivity index (χ4n) is 9.92. The highest BCUT2D eigenvalue weighted by molar-refractivity contribution is 5.76. The first kappa shape index (κ1) is 70.1. The Balaban J connectivity index is 3.46. The topological polar surface area (TPSA) is 95.9 Å². The van der Waals surface area contributed by atoms with Crippen LogP contribution in [0.5, 0.6) is 0 Å². The van der Waals surface area contributed by atoms with Crippen molar-refractivity contribution < 1.29 is 24.5 Å². The lowest BCUT2D eigenvalue weighted by molar-refractivity contribution is -0.143. The Morgan fingerprint density at radius 2 is 0.653 bits per heavy atom. The van der Waals surface area contributed by atoms with Crippen LogP contribution in [0.25, 0.3) is 0 Å². The number of aliphatic hydroxyl groups excluding tert-OH is 2. The van der Waals surface area contributed by atoms with Crippen LogP contribution in [-0.2, 0) is 14.3 Å². The standard InChI is InChI=1S/C66H125NO5/c1-3-5-7-9-11-13-15-17-18-19-20-23-26-29-32-35-38-42-46-50-54-58-64(69)63(62-68)67-65(70)59-55-51-47-43-39-36-33-30-27-24-21-22-25-28-31-34-37-41-45-49-53-57-61-72-66(71)60-56-52-48-44-40-16-14-12-10-8-6-4-2/h12,14,24,27,54,58,63-64,68-69H,3-11,13,15-23,25-26,28-53,55-57,59-62H2,1-2H3,(H,67,70)/b14-12-,27-24-,58-54+. The van der Waals surface area contributed by atoms with Crippen molar-refractivity contribution in [3.8, 4) is 0 Å². The molecule has 3 N–H and O–H groups in total. The van der Waals surface area contributed by atoms with Gasteiger partial charge in [0.25, 0.3) is 0 Å². The summed E-state index contributed by atoms with van der Waals surface area (Å²) in [6.07, 6.45) is 77.6. The van der Waals surface area contributed by atoms with E-state index in [1.54, 1.807) is 6.08 Å². The summed E-state index contributed by atoms with van der Waals surface area (Å²) in [7, 11) is 0. The van der Waals surface area contributed by atoms with Gasteiger partial charge in [-0.05, 0) is 83.5 Å². The van der Waals surface area contributed by atoms with Crippen molar-refractivity contribution >= 4 is 11.9 Å². The summed E-state index contributed by atoms with van der Waals surface area (Å²) in [5.41, 5.74) is 0. The molecule has 0 aliphatic rings. The van der Waals surface area contributed by atoms with Crippen LogP contribution in [0.4, 0.5) is 0 Å². The molecule has 72 heavy (non-hydrogen) atoms. The maximum atomic E-state index is 12.5. The molecular formula is C66H125NO5. The van der Waals surface area contributed by atoms with E-state index in [9.17, 15) is 19.8 Å². The average molecular weight is 1010 g/mol. The van der Waals surface area contributed by atoms with Crippen molar-refractivity contribution in [2.75, 3.05) is 13.2 Å². The van der Waals surface area contributed by atoms with Crippen LogP contribution in [-0.4, -0.2) is 47.4 Å². The van der Waals surface area contributed by atoms with E-state index in [-0.39, 0.29) is 18.5 Å². The van der Waals surface area contributed by atoms with Crippen LogP contribution in [0.3, 0.4) is 0 Å². The largest absolute Gasteiger partial charge is 0.466 e. The summed E-state index contributed by atoms with van der Waals surface area (Å²) in [5.74, 6) is -0.0729. The van der Waals surface area contributed by atoms with Gasteiger partial charge in [0, 0.05) is 12.8 Å². The molecule has 0 aromatic heterocycles. The van der Waals surface area contributed by atoms with E-state index in [1.807, 2.05) is 6.08 Å². The molecule has 2 atom stereocenters. The van der Waals surface area contributed by atoms with Crippen molar-refractivity contribution in [3.05, 3.63) is 36.5 Å². The summed E-state index contributed by atoms with van der Waals surface area (Å²) in [4.78, 5) is 24.5. The number of carbonyl (C=O) groups excluding carboxylic acids is 2. The average Bonchev–Trinajstić information content (AvgIpc) is 3.38. The van der Waals surface area contributed by atoms with E-state index < -0.39 is 12.1 Å². The van der Waals surface area contributed by atoms with Crippen LogP contribution in [0.2, 0.25) is 0 Å². The zero-order valence-corrected chi connectivity index (χ0v) is 48.4. The van der Waals surface area contributed by atoms with Gasteiger partial charge in [0.2, 0.25) is 5.91 Å². The lowest BCUT2D eigenvalue weighted by atomic mass is 10.0. The van der Waals surface area contributed by atoms with Crippen molar-refractivity contribution in [2.24, 2.45) is 0 Å². The minimum atomic E-state index is -0.850. The fourth-order valence-corrected chi connectivity index (χ4v) is 9.92. The number of rotatable bonds is 60. The summed E-state index contributed by atoms with van der Waals surface area (Å²) < 4.78 is 5.46. The molecule has 0 aromatic rings. The van der Waals surface area contributed by atoms with Crippen LogP contribution in [0.1, 0.15) is 348 Å². The number of aliphatic hydroxyl groups is 2. The summed E-state index contributed by atoms with van der Waals surface area (Å²) >= 11 is 0. The number of esters is 1. The molecule has 0 saturated heterocycles. The van der Waals surface area contributed by atoms with Gasteiger partial charge in [-0.1, -0.05) is 288 Å². The van der Waals surface area contributed by atoms with E-state index in [4.69, 9.17) is 4.74 Å². The monoisotopic (exact) mass is 1010 g/mol. The highest BCUT2D eigenvalue weighted by atomic mass is 16.5. The fraction of sp³-hybridized carbons (Fsp3) is 0.879. The first-order chi connectivity index (χ1) is 35.5. The van der Waals surface area contributed by atoms with E-state index >= 15 is 0 Å². The number of carbonyl (C=O) groups is 2. The molecule has 0 heterocycles. The molecule has 0 rings (SSSR count). The number of hydrogen-bond acceptors (Lipinski definition) is 5. The van der Waals surface area contributed by atoms with Gasteiger partial charge in [-0.15, -0.1) is 0 Å². The number of hydrogen-bond donors (Lipinski definition) is 3. The first-order valence-corrected chi connectivity index (χ1v) is 32.3. The summed E-state index contributed by atoms with van der Waals surface area (Å²) in [6, 6.07) is -0.634. The number of allylic oxidation sites excluding steroid dienone is 5. The lowest BCUT2D eigenvalue weighted by Gasteiger charge is -2.20.